The smallest absolute Gasteiger partial charge is 0.284 e. The molecule has 5 heteroatoms. The van der Waals surface area contributed by atoms with Crippen molar-refractivity contribution in [1.82, 2.24) is 10.3 Å². The number of benzene rings is 1. The highest BCUT2D eigenvalue weighted by Gasteiger charge is 2.18. The summed E-state index contributed by atoms with van der Waals surface area (Å²) in [6.07, 6.45) is 3.58. The second kappa shape index (κ2) is 6.59. The van der Waals surface area contributed by atoms with Crippen LogP contribution in [0.15, 0.2) is 53.8 Å². The SMILES string of the molecule is Clc1ccccc1C(CN=C1NCCO1)c1ccncc1. The molecule has 1 unspecified atom stereocenters. The van der Waals surface area contributed by atoms with E-state index in [1.807, 2.05) is 36.4 Å². The monoisotopic (exact) mass is 301 g/mol. The summed E-state index contributed by atoms with van der Waals surface area (Å²) in [6, 6.07) is 12.5. The molecule has 1 fully saturated rings. The van der Waals surface area contributed by atoms with Gasteiger partial charge in [0.25, 0.3) is 6.02 Å². The summed E-state index contributed by atoms with van der Waals surface area (Å²) in [6.45, 7) is 2.06. The molecule has 1 aliphatic rings. The molecule has 0 amide bonds. The van der Waals surface area contributed by atoms with Gasteiger partial charge in [-0.15, -0.1) is 0 Å². The van der Waals surface area contributed by atoms with Gasteiger partial charge >= 0.3 is 0 Å². The lowest BCUT2D eigenvalue weighted by molar-refractivity contribution is 0.350. The van der Waals surface area contributed by atoms with E-state index in [9.17, 15) is 0 Å². The number of hydrogen-bond donors (Lipinski definition) is 1. The summed E-state index contributed by atoms with van der Waals surface area (Å²) in [4.78, 5) is 8.60. The summed E-state index contributed by atoms with van der Waals surface area (Å²) in [5.74, 6) is 0.0835. The van der Waals surface area contributed by atoms with Crippen LogP contribution in [0, 0.1) is 0 Å². The van der Waals surface area contributed by atoms with Gasteiger partial charge < -0.3 is 10.1 Å². The third kappa shape index (κ3) is 3.34. The molecular formula is C16H16ClN3O. The number of halogens is 1. The van der Waals surface area contributed by atoms with Gasteiger partial charge in [-0.25, -0.2) is 4.99 Å². The van der Waals surface area contributed by atoms with E-state index < -0.39 is 0 Å². The zero-order valence-electron chi connectivity index (χ0n) is 11.5. The summed E-state index contributed by atoms with van der Waals surface area (Å²) in [5, 5.41) is 3.86. The van der Waals surface area contributed by atoms with Gasteiger partial charge in [-0.2, -0.15) is 0 Å². The number of nitrogens with one attached hydrogen (secondary N) is 1. The van der Waals surface area contributed by atoms with Gasteiger partial charge in [-0.3, -0.25) is 4.98 Å². The third-order valence-corrected chi connectivity index (χ3v) is 3.77. The number of nitrogens with zero attached hydrogens (tertiary/aromatic N) is 2. The first-order chi connectivity index (χ1) is 10.3. The van der Waals surface area contributed by atoms with Gasteiger partial charge in [0.05, 0.1) is 13.1 Å². The van der Waals surface area contributed by atoms with Crippen molar-refractivity contribution in [2.75, 3.05) is 19.7 Å². The van der Waals surface area contributed by atoms with E-state index in [4.69, 9.17) is 16.3 Å². The third-order valence-electron chi connectivity index (χ3n) is 3.42. The number of aliphatic imine (C=N–C) groups is 1. The Hall–Kier alpha value is -2.07. The molecule has 1 atom stereocenters. The average molecular weight is 302 g/mol. The summed E-state index contributed by atoms with van der Waals surface area (Å²) in [5.41, 5.74) is 2.20. The van der Waals surface area contributed by atoms with Crippen LogP contribution in [0.3, 0.4) is 0 Å². The van der Waals surface area contributed by atoms with Gasteiger partial charge in [0.1, 0.15) is 6.61 Å². The molecule has 0 bridgehead atoms. The molecule has 1 aromatic carbocycles. The number of amidine groups is 1. The highest BCUT2D eigenvalue weighted by Crippen LogP contribution is 2.30. The lowest BCUT2D eigenvalue weighted by atomic mass is 9.92. The van der Waals surface area contributed by atoms with E-state index in [-0.39, 0.29) is 5.92 Å². The quantitative estimate of drug-likeness (QED) is 0.944. The Morgan fingerprint density at radius 2 is 2.05 bits per heavy atom. The van der Waals surface area contributed by atoms with Crippen molar-refractivity contribution in [3.63, 3.8) is 0 Å². The first-order valence-corrected chi connectivity index (χ1v) is 7.28. The lowest BCUT2D eigenvalue weighted by Crippen LogP contribution is -2.17. The molecule has 21 heavy (non-hydrogen) atoms. The Morgan fingerprint density at radius 3 is 2.76 bits per heavy atom. The van der Waals surface area contributed by atoms with E-state index in [2.05, 4.69) is 15.3 Å². The molecule has 0 aliphatic carbocycles. The molecular weight excluding hydrogens is 286 g/mol. The lowest BCUT2D eigenvalue weighted by Gasteiger charge is -2.17. The molecule has 2 heterocycles. The molecule has 1 aliphatic heterocycles. The summed E-state index contributed by atoms with van der Waals surface area (Å²) < 4.78 is 5.40. The van der Waals surface area contributed by atoms with Crippen molar-refractivity contribution in [2.45, 2.75) is 5.92 Å². The molecule has 1 saturated heterocycles. The molecule has 108 valence electrons. The largest absolute Gasteiger partial charge is 0.463 e. The maximum Gasteiger partial charge on any atom is 0.284 e. The number of aromatic nitrogens is 1. The molecule has 1 N–H and O–H groups in total. The topological polar surface area (TPSA) is 46.5 Å². The Bertz CT molecular complexity index is 622. The maximum absolute atomic E-state index is 6.35. The number of hydrogen-bond acceptors (Lipinski definition) is 3. The Morgan fingerprint density at radius 1 is 1.24 bits per heavy atom. The van der Waals surface area contributed by atoms with Gasteiger partial charge in [-0.05, 0) is 29.3 Å². The van der Waals surface area contributed by atoms with E-state index >= 15 is 0 Å². The fourth-order valence-electron chi connectivity index (χ4n) is 2.37. The summed E-state index contributed by atoms with van der Waals surface area (Å²) in [7, 11) is 0. The van der Waals surface area contributed by atoms with Crippen LogP contribution < -0.4 is 5.32 Å². The van der Waals surface area contributed by atoms with E-state index in [0.29, 0.717) is 19.2 Å². The van der Waals surface area contributed by atoms with E-state index in [0.717, 1.165) is 22.7 Å². The standard InChI is InChI=1S/C16H16ClN3O/c17-15-4-2-1-3-13(15)14(12-5-7-18-8-6-12)11-20-16-19-9-10-21-16/h1-8,14H,9-11H2,(H,19,20). The van der Waals surface area contributed by atoms with Crippen LogP contribution in [0.25, 0.3) is 0 Å². The van der Waals surface area contributed by atoms with Gasteiger partial charge in [0, 0.05) is 23.3 Å². The van der Waals surface area contributed by atoms with Crippen LogP contribution in [-0.4, -0.2) is 30.7 Å². The zero-order valence-corrected chi connectivity index (χ0v) is 12.3. The predicted molar refractivity (Wildman–Crippen MR) is 83.8 cm³/mol. The molecule has 2 aromatic rings. The van der Waals surface area contributed by atoms with Crippen LogP contribution in [0.2, 0.25) is 5.02 Å². The van der Waals surface area contributed by atoms with Gasteiger partial charge in [-0.1, -0.05) is 29.8 Å². The second-order valence-electron chi connectivity index (χ2n) is 4.78. The van der Waals surface area contributed by atoms with E-state index in [1.54, 1.807) is 12.4 Å². The minimum absolute atomic E-state index is 0.0835. The number of rotatable bonds is 4. The molecule has 0 radical (unpaired) electrons. The molecule has 1 aromatic heterocycles. The highest BCUT2D eigenvalue weighted by molar-refractivity contribution is 6.31. The fraction of sp³-hybridized carbons (Fsp3) is 0.250. The normalized spacial score (nSPS) is 17.3. The second-order valence-corrected chi connectivity index (χ2v) is 5.18. The van der Waals surface area contributed by atoms with Crippen molar-refractivity contribution in [1.29, 1.82) is 0 Å². The minimum atomic E-state index is 0.0835. The molecule has 3 rings (SSSR count). The van der Waals surface area contributed by atoms with Crippen LogP contribution in [-0.2, 0) is 4.74 Å². The van der Waals surface area contributed by atoms with Crippen molar-refractivity contribution in [3.8, 4) is 0 Å². The zero-order chi connectivity index (χ0) is 14.5. The number of ether oxygens (including phenoxy) is 1. The van der Waals surface area contributed by atoms with Crippen molar-refractivity contribution in [3.05, 3.63) is 64.9 Å². The highest BCUT2D eigenvalue weighted by atomic mass is 35.5. The van der Waals surface area contributed by atoms with Crippen LogP contribution in [0.5, 0.6) is 0 Å². The first kappa shape index (κ1) is 13.9. The molecule has 0 saturated carbocycles. The fourth-order valence-corrected chi connectivity index (χ4v) is 2.64. The van der Waals surface area contributed by atoms with Crippen molar-refractivity contribution < 1.29 is 4.74 Å². The minimum Gasteiger partial charge on any atom is -0.463 e. The average Bonchev–Trinajstić information content (AvgIpc) is 3.04. The van der Waals surface area contributed by atoms with Crippen molar-refractivity contribution >= 4 is 17.6 Å². The Kier molecular flexibility index (Phi) is 4.36. The van der Waals surface area contributed by atoms with Crippen LogP contribution in [0.1, 0.15) is 17.0 Å². The van der Waals surface area contributed by atoms with Crippen LogP contribution in [0.4, 0.5) is 0 Å². The predicted octanol–water partition coefficient (Wildman–Crippen LogP) is 2.84. The number of pyridine rings is 1. The molecule has 0 spiro atoms. The maximum atomic E-state index is 6.35. The Labute approximate surface area is 128 Å². The van der Waals surface area contributed by atoms with Gasteiger partial charge in [0.2, 0.25) is 0 Å². The van der Waals surface area contributed by atoms with E-state index in [1.165, 1.54) is 0 Å². The van der Waals surface area contributed by atoms with Gasteiger partial charge in [0.15, 0.2) is 0 Å². The Balaban J connectivity index is 1.91. The molecule has 4 nitrogen and oxygen atoms in total. The first-order valence-electron chi connectivity index (χ1n) is 6.90. The summed E-state index contributed by atoms with van der Waals surface area (Å²) >= 11 is 6.35. The van der Waals surface area contributed by atoms with Crippen molar-refractivity contribution in [2.24, 2.45) is 4.99 Å². The van der Waals surface area contributed by atoms with Crippen LogP contribution >= 0.6 is 11.6 Å².